The van der Waals surface area contributed by atoms with Crippen molar-refractivity contribution in [2.45, 2.75) is 0 Å². The van der Waals surface area contributed by atoms with Gasteiger partial charge in [0.05, 0.1) is 38.0 Å². The van der Waals surface area contributed by atoms with Crippen LogP contribution >= 0.6 is 0 Å². The lowest BCUT2D eigenvalue weighted by atomic mass is 10.2. The highest BCUT2D eigenvalue weighted by Gasteiger charge is 2.18. The molecule has 0 aliphatic carbocycles. The number of carbonyl (C=O) groups excluding carboxylic acids is 1. The fourth-order valence-corrected chi connectivity index (χ4v) is 2.13. The highest BCUT2D eigenvalue weighted by Crippen LogP contribution is 2.31. The Balaban J connectivity index is 2.09. The zero-order chi connectivity index (χ0) is 19.1. The molecule has 0 unspecified atom stereocenters. The normalized spacial score (nSPS) is 9.96. The molecule has 0 radical (unpaired) electrons. The van der Waals surface area contributed by atoms with Crippen LogP contribution in [0.25, 0.3) is 0 Å². The number of hydrogen-bond acceptors (Lipinski definition) is 7. The Bertz CT molecular complexity index is 808. The average molecular weight is 362 g/mol. The molecule has 9 nitrogen and oxygen atoms in total. The molecule has 2 rings (SSSR count). The van der Waals surface area contributed by atoms with Gasteiger partial charge in [-0.3, -0.25) is 14.9 Å². The number of hydrogen-bond donors (Lipinski definition) is 1. The number of anilines is 1. The molecule has 0 bridgehead atoms. The molecule has 2 aromatic carbocycles. The summed E-state index contributed by atoms with van der Waals surface area (Å²) in [5.41, 5.74) is 0.0980. The van der Waals surface area contributed by atoms with Gasteiger partial charge in [-0.15, -0.1) is 0 Å². The second kappa shape index (κ2) is 8.56. The molecule has 0 aliphatic rings. The van der Waals surface area contributed by atoms with E-state index in [1.807, 2.05) is 0 Å². The maximum Gasteiger partial charge on any atom is 0.314 e. The molecule has 2 aromatic rings. The highest BCUT2D eigenvalue weighted by molar-refractivity contribution is 5.93. The van der Waals surface area contributed by atoms with Gasteiger partial charge in [-0.1, -0.05) is 0 Å². The summed E-state index contributed by atoms with van der Waals surface area (Å²) < 4.78 is 20.5. The van der Waals surface area contributed by atoms with E-state index >= 15 is 0 Å². The SMILES string of the molecule is COc1ccc(OC)c(NC(=O)COc2ccc(OC)cc2[N+](=O)[O-])c1. The third-order valence-corrected chi connectivity index (χ3v) is 3.40. The molecule has 0 saturated carbocycles. The molecule has 9 heteroatoms. The zero-order valence-electron chi connectivity index (χ0n) is 14.5. The first-order chi connectivity index (χ1) is 12.5. The van der Waals surface area contributed by atoms with Crippen LogP contribution in [0, 0.1) is 10.1 Å². The van der Waals surface area contributed by atoms with Gasteiger partial charge in [0.1, 0.15) is 17.2 Å². The fourth-order valence-electron chi connectivity index (χ4n) is 2.13. The van der Waals surface area contributed by atoms with Crippen molar-refractivity contribution in [2.24, 2.45) is 0 Å². The van der Waals surface area contributed by atoms with Gasteiger partial charge in [-0.25, -0.2) is 0 Å². The summed E-state index contributed by atoms with van der Waals surface area (Å²) in [6.45, 7) is -0.423. The number of nitrogens with zero attached hydrogens (tertiary/aromatic N) is 1. The smallest absolute Gasteiger partial charge is 0.314 e. The van der Waals surface area contributed by atoms with Crippen LogP contribution in [0.3, 0.4) is 0 Å². The van der Waals surface area contributed by atoms with Crippen molar-refractivity contribution in [1.29, 1.82) is 0 Å². The number of nitro groups is 1. The first kappa shape index (κ1) is 18.8. The van der Waals surface area contributed by atoms with Gasteiger partial charge in [0.2, 0.25) is 0 Å². The predicted octanol–water partition coefficient (Wildman–Crippen LogP) is 2.64. The highest BCUT2D eigenvalue weighted by atomic mass is 16.6. The van der Waals surface area contributed by atoms with Crippen LogP contribution in [-0.4, -0.2) is 38.8 Å². The van der Waals surface area contributed by atoms with E-state index in [1.54, 1.807) is 18.2 Å². The van der Waals surface area contributed by atoms with E-state index in [4.69, 9.17) is 18.9 Å². The maximum atomic E-state index is 12.1. The number of methoxy groups -OCH3 is 3. The lowest BCUT2D eigenvalue weighted by Crippen LogP contribution is -2.20. The van der Waals surface area contributed by atoms with Crippen molar-refractivity contribution in [3.63, 3.8) is 0 Å². The number of rotatable bonds is 8. The molecule has 0 aliphatic heterocycles. The minimum absolute atomic E-state index is 0.0384. The van der Waals surface area contributed by atoms with Crippen LogP contribution in [0.2, 0.25) is 0 Å². The third-order valence-electron chi connectivity index (χ3n) is 3.40. The zero-order valence-corrected chi connectivity index (χ0v) is 14.5. The van der Waals surface area contributed by atoms with Gasteiger partial charge in [0.15, 0.2) is 12.4 Å². The molecule has 1 N–H and O–H groups in total. The molecule has 0 atom stereocenters. The van der Waals surface area contributed by atoms with Crippen LogP contribution in [-0.2, 0) is 4.79 Å². The number of amides is 1. The summed E-state index contributed by atoms with van der Waals surface area (Å²) in [5.74, 6) is 0.738. The quantitative estimate of drug-likeness (QED) is 0.568. The van der Waals surface area contributed by atoms with Crippen molar-refractivity contribution in [1.82, 2.24) is 0 Å². The maximum absolute atomic E-state index is 12.1. The first-order valence-electron chi connectivity index (χ1n) is 7.45. The molecule has 0 fully saturated rings. The largest absolute Gasteiger partial charge is 0.497 e. The van der Waals surface area contributed by atoms with Crippen molar-refractivity contribution in [3.05, 3.63) is 46.5 Å². The number of nitrogens with one attached hydrogen (secondary N) is 1. The topological polar surface area (TPSA) is 109 Å². The summed E-state index contributed by atoms with van der Waals surface area (Å²) >= 11 is 0. The van der Waals surface area contributed by atoms with E-state index in [0.717, 1.165) is 0 Å². The van der Waals surface area contributed by atoms with E-state index in [2.05, 4.69) is 5.32 Å². The van der Waals surface area contributed by atoms with Crippen LogP contribution in [0.15, 0.2) is 36.4 Å². The molecule has 1 amide bonds. The Kier molecular flexibility index (Phi) is 6.20. The molecule has 0 spiro atoms. The molecular weight excluding hydrogens is 344 g/mol. The minimum Gasteiger partial charge on any atom is -0.497 e. The summed E-state index contributed by atoms with van der Waals surface area (Å²) in [4.78, 5) is 22.6. The van der Waals surface area contributed by atoms with E-state index in [-0.39, 0.29) is 11.4 Å². The molecule has 26 heavy (non-hydrogen) atoms. The Morgan fingerprint density at radius 2 is 1.62 bits per heavy atom. The summed E-state index contributed by atoms with van der Waals surface area (Å²) in [6.07, 6.45) is 0. The van der Waals surface area contributed by atoms with E-state index in [0.29, 0.717) is 22.9 Å². The summed E-state index contributed by atoms with van der Waals surface area (Å²) in [6, 6.07) is 9.02. The van der Waals surface area contributed by atoms with Crippen molar-refractivity contribution in [3.8, 4) is 23.0 Å². The van der Waals surface area contributed by atoms with E-state index in [9.17, 15) is 14.9 Å². The van der Waals surface area contributed by atoms with Gasteiger partial charge < -0.3 is 24.3 Å². The fraction of sp³-hybridized carbons (Fsp3) is 0.235. The molecule has 0 heterocycles. The average Bonchev–Trinajstić information content (AvgIpc) is 2.65. The summed E-state index contributed by atoms with van der Waals surface area (Å²) in [5, 5.41) is 13.7. The van der Waals surface area contributed by atoms with Crippen LogP contribution in [0.5, 0.6) is 23.0 Å². The Morgan fingerprint density at radius 3 is 2.19 bits per heavy atom. The molecule has 138 valence electrons. The summed E-state index contributed by atoms with van der Waals surface area (Å²) in [7, 11) is 4.36. The lowest BCUT2D eigenvalue weighted by molar-refractivity contribution is -0.385. The van der Waals surface area contributed by atoms with Crippen LogP contribution in [0.1, 0.15) is 0 Å². The monoisotopic (exact) mass is 362 g/mol. The first-order valence-corrected chi connectivity index (χ1v) is 7.45. The van der Waals surface area contributed by atoms with Gasteiger partial charge in [-0.05, 0) is 24.3 Å². The van der Waals surface area contributed by atoms with Gasteiger partial charge in [0.25, 0.3) is 5.91 Å². The number of ether oxygens (including phenoxy) is 4. The van der Waals surface area contributed by atoms with E-state index < -0.39 is 17.4 Å². The third kappa shape index (κ3) is 4.53. The number of nitro benzene ring substituents is 1. The second-order valence-electron chi connectivity index (χ2n) is 4.99. The van der Waals surface area contributed by atoms with Crippen LogP contribution in [0.4, 0.5) is 11.4 Å². The number of benzene rings is 2. The van der Waals surface area contributed by atoms with Crippen LogP contribution < -0.4 is 24.3 Å². The van der Waals surface area contributed by atoms with Crippen molar-refractivity contribution in [2.75, 3.05) is 33.3 Å². The van der Waals surface area contributed by atoms with Crippen molar-refractivity contribution >= 4 is 17.3 Å². The molecule has 0 saturated heterocycles. The predicted molar refractivity (Wildman–Crippen MR) is 93.3 cm³/mol. The van der Waals surface area contributed by atoms with Gasteiger partial charge in [-0.2, -0.15) is 0 Å². The van der Waals surface area contributed by atoms with Gasteiger partial charge >= 0.3 is 5.69 Å². The molecular formula is C17H18N2O7. The second-order valence-corrected chi connectivity index (χ2v) is 4.99. The van der Waals surface area contributed by atoms with Crippen molar-refractivity contribution < 1.29 is 28.7 Å². The van der Waals surface area contributed by atoms with Gasteiger partial charge in [0, 0.05) is 6.07 Å². The lowest BCUT2D eigenvalue weighted by Gasteiger charge is -2.12. The number of carbonyl (C=O) groups is 1. The van der Waals surface area contributed by atoms with E-state index in [1.165, 1.54) is 39.5 Å². The standard InChI is InChI=1S/C17H18N2O7/c1-23-11-4-6-15(25-3)13(8-11)18-17(20)10-26-16-7-5-12(24-2)9-14(16)19(21)22/h4-9H,10H2,1-3H3,(H,18,20). The Labute approximate surface area is 149 Å². The molecule has 0 aromatic heterocycles. The minimum atomic E-state index is -0.610. The Hall–Kier alpha value is -3.49. The Morgan fingerprint density at radius 1 is 1.00 bits per heavy atom.